The summed E-state index contributed by atoms with van der Waals surface area (Å²) in [7, 11) is 0. The third kappa shape index (κ3) is 2.87. The molecular weight excluding hydrogens is 378 g/mol. The third-order valence-corrected chi connectivity index (χ3v) is 4.35. The van der Waals surface area contributed by atoms with Crippen LogP contribution in [0.15, 0.2) is 40.9 Å². The summed E-state index contributed by atoms with van der Waals surface area (Å²) in [5, 5.41) is 2.83. The predicted molar refractivity (Wildman–Crippen MR) is 90.1 cm³/mol. The van der Waals surface area contributed by atoms with Crippen LogP contribution >= 0.6 is 15.9 Å². The summed E-state index contributed by atoms with van der Waals surface area (Å²) in [4.78, 5) is 12.5. The molecule has 2 aromatic carbocycles. The number of fused-ring (bicyclic) bond motifs is 2. The SMILES string of the molecule is O=C(Nc1cc2c(cc1Br)OCCO2)C1COc2ccccc2O1. The van der Waals surface area contributed by atoms with Crippen LogP contribution in [0.3, 0.4) is 0 Å². The number of carbonyl (C=O) groups excluding carboxylic acids is 1. The Morgan fingerprint density at radius 3 is 2.50 bits per heavy atom. The van der Waals surface area contributed by atoms with Crippen molar-refractivity contribution in [1.29, 1.82) is 0 Å². The smallest absolute Gasteiger partial charge is 0.269 e. The lowest BCUT2D eigenvalue weighted by atomic mass is 10.2. The highest BCUT2D eigenvalue weighted by molar-refractivity contribution is 9.10. The van der Waals surface area contributed by atoms with Crippen LogP contribution in [0.2, 0.25) is 0 Å². The van der Waals surface area contributed by atoms with E-state index < -0.39 is 6.10 Å². The Bertz CT molecular complexity index is 795. The van der Waals surface area contributed by atoms with Gasteiger partial charge in [-0.2, -0.15) is 0 Å². The van der Waals surface area contributed by atoms with Gasteiger partial charge >= 0.3 is 0 Å². The van der Waals surface area contributed by atoms with E-state index in [2.05, 4.69) is 21.2 Å². The van der Waals surface area contributed by atoms with Crippen LogP contribution in [0.1, 0.15) is 0 Å². The number of hydrogen-bond donors (Lipinski definition) is 1. The first-order valence-electron chi connectivity index (χ1n) is 7.49. The number of ether oxygens (including phenoxy) is 4. The van der Waals surface area contributed by atoms with E-state index in [1.807, 2.05) is 12.1 Å². The van der Waals surface area contributed by atoms with Gasteiger partial charge in [-0.15, -0.1) is 0 Å². The molecule has 0 radical (unpaired) electrons. The molecule has 0 bridgehead atoms. The van der Waals surface area contributed by atoms with Gasteiger partial charge in [0.2, 0.25) is 6.10 Å². The van der Waals surface area contributed by atoms with Gasteiger partial charge in [0.25, 0.3) is 5.91 Å². The zero-order valence-corrected chi connectivity index (χ0v) is 14.2. The van der Waals surface area contributed by atoms with Gasteiger partial charge in [-0.1, -0.05) is 12.1 Å². The minimum Gasteiger partial charge on any atom is -0.486 e. The number of rotatable bonds is 2. The summed E-state index contributed by atoms with van der Waals surface area (Å²) in [6.45, 7) is 1.15. The molecule has 0 fully saturated rings. The molecular formula is C17H14BrNO5. The van der Waals surface area contributed by atoms with Gasteiger partial charge in [0.15, 0.2) is 23.0 Å². The third-order valence-electron chi connectivity index (χ3n) is 3.69. The summed E-state index contributed by atoms with van der Waals surface area (Å²) >= 11 is 3.43. The van der Waals surface area contributed by atoms with Crippen LogP contribution < -0.4 is 24.3 Å². The Kier molecular flexibility index (Phi) is 3.93. The van der Waals surface area contributed by atoms with Gasteiger partial charge in [0, 0.05) is 16.6 Å². The van der Waals surface area contributed by atoms with Gasteiger partial charge in [-0.3, -0.25) is 4.79 Å². The van der Waals surface area contributed by atoms with Crippen LogP contribution in [0.4, 0.5) is 5.69 Å². The highest BCUT2D eigenvalue weighted by Crippen LogP contribution is 2.38. The molecule has 24 heavy (non-hydrogen) atoms. The van der Waals surface area contributed by atoms with E-state index in [9.17, 15) is 4.79 Å². The predicted octanol–water partition coefficient (Wildman–Crippen LogP) is 3.00. The van der Waals surface area contributed by atoms with Crippen molar-refractivity contribution < 1.29 is 23.7 Å². The van der Waals surface area contributed by atoms with Crippen molar-refractivity contribution in [1.82, 2.24) is 0 Å². The summed E-state index contributed by atoms with van der Waals surface area (Å²) in [5.41, 5.74) is 0.590. The van der Waals surface area contributed by atoms with Gasteiger partial charge in [0.05, 0.1) is 5.69 Å². The molecule has 6 nitrogen and oxygen atoms in total. The highest BCUT2D eigenvalue weighted by atomic mass is 79.9. The minimum absolute atomic E-state index is 0.158. The number of para-hydroxylation sites is 2. The van der Waals surface area contributed by atoms with E-state index in [4.69, 9.17) is 18.9 Å². The Morgan fingerprint density at radius 2 is 1.71 bits per heavy atom. The zero-order valence-electron chi connectivity index (χ0n) is 12.6. The quantitative estimate of drug-likeness (QED) is 0.852. The van der Waals surface area contributed by atoms with Crippen molar-refractivity contribution >= 4 is 27.5 Å². The molecule has 1 amide bonds. The molecule has 4 rings (SSSR count). The lowest BCUT2D eigenvalue weighted by Gasteiger charge is -2.26. The highest BCUT2D eigenvalue weighted by Gasteiger charge is 2.28. The van der Waals surface area contributed by atoms with E-state index in [0.29, 0.717) is 46.4 Å². The number of hydrogen-bond acceptors (Lipinski definition) is 5. The molecule has 2 heterocycles. The normalized spacial score (nSPS) is 18.0. The van der Waals surface area contributed by atoms with Crippen molar-refractivity contribution in [2.75, 3.05) is 25.1 Å². The summed E-state index contributed by atoms with van der Waals surface area (Å²) < 4.78 is 23.0. The number of anilines is 1. The first-order chi connectivity index (χ1) is 11.7. The van der Waals surface area contributed by atoms with Crippen LogP contribution in [-0.2, 0) is 4.79 Å². The summed E-state index contributed by atoms with van der Waals surface area (Å²) in [6.07, 6.45) is -0.722. The second-order valence-corrected chi connectivity index (χ2v) is 6.18. The molecule has 1 N–H and O–H groups in total. The fourth-order valence-electron chi connectivity index (χ4n) is 2.52. The number of halogens is 1. The molecule has 124 valence electrons. The van der Waals surface area contributed by atoms with Crippen molar-refractivity contribution in [3.05, 3.63) is 40.9 Å². The molecule has 0 saturated carbocycles. The van der Waals surface area contributed by atoms with Crippen LogP contribution in [0, 0.1) is 0 Å². The molecule has 0 aromatic heterocycles. The first-order valence-corrected chi connectivity index (χ1v) is 8.28. The average molecular weight is 392 g/mol. The van der Waals surface area contributed by atoms with E-state index in [1.165, 1.54) is 0 Å². The van der Waals surface area contributed by atoms with Crippen LogP contribution in [0.25, 0.3) is 0 Å². The topological polar surface area (TPSA) is 66.0 Å². The fraction of sp³-hybridized carbons (Fsp3) is 0.235. The molecule has 2 aromatic rings. The van der Waals surface area contributed by atoms with Gasteiger partial charge in [0.1, 0.15) is 19.8 Å². The van der Waals surface area contributed by atoms with E-state index >= 15 is 0 Å². The Labute approximate surface area is 146 Å². The molecule has 7 heteroatoms. The van der Waals surface area contributed by atoms with Gasteiger partial charge in [-0.05, 0) is 28.1 Å². The van der Waals surface area contributed by atoms with Crippen molar-refractivity contribution in [3.63, 3.8) is 0 Å². The van der Waals surface area contributed by atoms with Crippen molar-refractivity contribution in [2.24, 2.45) is 0 Å². The number of nitrogens with one attached hydrogen (secondary N) is 1. The first kappa shape index (κ1) is 15.1. The average Bonchev–Trinajstić information content (AvgIpc) is 2.62. The maximum absolute atomic E-state index is 12.5. The largest absolute Gasteiger partial charge is 0.486 e. The second-order valence-electron chi connectivity index (χ2n) is 5.33. The maximum Gasteiger partial charge on any atom is 0.269 e. The second kappa shape index (κ2) is 6.24. The number of benzene rings is 2. The minimum atomic E-state index is -0.722. The molecule has 0 aliphatic carbocycles. The van der Waals surface area contributed by atoms with Gasteiger partial charge in [-0.25, -0.2) is 0 Å². The molecule has 1 unspecified atom stereocenters. The summed E-state index contributed by atoms with van der Waals surface area (Å²) in [5.74, 6) is 2.16. The molecule has 2 aliphatic rings. The van der Waals surface area contributed by atoms with Gasteiger partial charge < -0.3 is 24.3 Å². The van der Waals surface area contributed by atoms with Crippen LogP contribution in [0.5, 0.6) is 23.0 Å². The van der Waals surface area contributed by atoms with Crippen molar-refractivity contribution in [3.8, 4) is 23.0 Å². The van der Waals surface area contributed by atoms with E-state index in [-0.39, 0.29) is 12.5 Å². The monoisotopic (exact) mass is 391 g/mol. The fourth-order valence-corrected chi connectivity index (χ4v) is 2.94. The summed E-state index contributed by atoms with van der Waals surface area (Å²) in [6, 6.07) is 10.8. The Balaban J connectivity index is 1.51. The van der Waals surface area contributed by atoms with E-state index in [0.717, 1.165) is 0 Å². The molecule has 1 atom stereocenters. The molecule has 0 spiro atoms. The lowest BCUT2D eigenvalue weighted by molar-refractivity contribution is -0.125. The number of carbonyl (C=O) groups is 1. The molecule has 2 aliphatic heterocycles. The zero-order chi connectivity index (χ0) is 16.5. The van der Waals surface area contributed by atoms with E-state index in [1.54, 1.807) is 24.3 Å². The lowest BCUT2D eigenvalue weighted by Crippen LogP contribution is -2.40. The van der Waals surface area contributed by atoms with Crippen molar-refractivity contribution in [2.45, 2.75) is 6.10 Å². The maximum atomic E-state index is 12.5. The standard InChI is InChI=1S/C17H14BrNO5/c18-10-7-14-15(22-6-5-21-14)8-11(10)19-17(20)16-9-23-12-3-1-2-4-13(12)24-16/h1-4,7-8,16H,5-6,9H2,(H,19,20). The van der Waals surface area contributed by atoms with Crippen LogP contribution in [-0.4, -0.2) is 31.8 Å². The molecule has 0 saturated heterocycles. The Morgan fingerprint density at radius 1 is 1.00 bits per heavy atom. The number of amides is 1. The Hall–Kier alpha value is -2.41.